The number of nitrogens with zero attached hydrogens (tertiary/aromatic N) is 3. The van der Waals surface area contributed by atoms with E-state index in [1.165, 1.54) is 16.9 Å². The highest BCUT2D eigenvalue weighted by atomic mass is 35.5. The maximum Gasteiger partial charge on any atom is 0.433 e. The largest absolute Gasteiger partial charge is 0.471 e. The van der Waals surface area contributed by atoms with Crippen LogP contribution in [0.5, 0.6) is 5.75 Å². The fourth-order valence-corrected chi connectivity index (χ4v) is 5.36. The number of carbonyl (C=O) groups is 2. The number of aromatic nitrogens is 3. The molecule has 0 spiro atoms. The van der Waals surface area contributed by atoms with E-state index in [9.17, 15) is 22.8 Å². The molecule has 2 aromatic carbocycles. The predicted octanol–water partition coefficient (Wildman–Crippen LogP) is 6.84. The van der Waals surface area contributed by atoms with Crippen molar-refractivity contribution in [2.24, 2.45) is 5.73 Å². The molecule has 3 heterocycles. The van der Waals surface area contributed by atoms with Crippen molar-refractivity contribution >= 4 is 50.7 Å². The van der Waals surface area contributed by atoms with E-state index in [-0.39, 0.29) is 38.8 Å². The van der Waals surface area contributed by atoms with Crippen molar-refractivity contribution in [3.05, 3.63) is 93.2 Å². The molecule has 0 saturated heterocycles. The Labute approximate surface area is 240 Å². The summed E-state index contributed by atoms with van der Waals surface area (Å²) in [5.74, 6) is -1.06. The van der Waals surface area contributed by atoms with E-state index in [4.69, 9.17) is 22.1 Å². The average molecular weight is 600 g/mol. The first-order valence-corrected chi connectivity index (χ1v) is 13.3. The third-order valence-corrected chi connectivity index (χ3v) is 7.84. The van der Waals surface area contributed by atoms with Gasteiger partial charge in [0.1, 0.15) is 21.2 Å². The Morgan fingerprint density at radius 1 is 1.10 bits per heavy atom. The van der Waals surface area contributed by atoms with Gasteiger partial charge in [-0.2, -0.15) is 18.3 Å². The van der Waals surface area contributed by atoms with Crippen molar-refractivity contribution in [1.82, 2.24) is 14.8 Å². The summed E-state index contributed by atoms with van der Waals surface area (Å²) in [4.78, 5) is 29.0. The van der Waals surface area contributed by atoms with E-state index >= 15 is 0 Å². The summed E-state index contributed by atoms with van der Waals surface area (Å²) < 4.78 is 48.2. The molecule has 0 fully saturated rings. The molecule has 0 unspecified atom stereocenters. The molecule has 5 rings (SSSR count). The second kappa shape index (κ2) is 10.9. The number of pyridine rings is 1. The van der Waals surface area contributed by atoms with E-state index in [2.05, 4.69) is 15.4 Å². The van der Waals surface area contributed by atoms with Gasteiger partial charge in [0.05, 0.1) is 5.69 Å². The zero-order chi connectivity index (χ0) is 29.5. The van der Waals surface area contributed by atoms with E-state index in [1.807, 2.05) is 13.8 Å². The molecular formula is C28H21ClF3N5O3S. The quantitative estimate of drug-likeness (QED) is 0.213. The van der Waals surface area contributed by atoms with Crippen LogP contribution in [0.4, 0.5) is 18.9 Å². The van der Waals surface area contributed by atoms with Crippen LogP contribution >= 0.6 is 22.9 Å². The summed E-state index contributed by atoms with van der Waals surface area (Å²) in [7, 11) is 0. The number of nitrogens with two attached hydrogens (primary N) is 1. The number of fused-ring (bicyclic) bond motifs is 1. The molecule has 0 radical (unpaired) electrons. The number of halogens is 4. The number of alkyl halides is 3. The Balaban J connectivity index is 1.48. The minimum Gasteiger partial charge on any atom is -0.471 e. The van der Waals surface area contributed by atoms with Crippen molar-refractivity contribution in [1.29, 1.82) is 0 Å². The van der Waals surface area contributed by atoms with Crippen LogP contribution in [-0.2, 0) is 12.9 Å². The monoisotopic (exact) mass is 599 g/mol. The van der Waals surface area contributed by atoms with Crippen molar-refractivity contribution in [3.63, 3.8) is 0 Å². The van der Waals surface area contributed by atoms with Crippen LogP contribution < -0.4 is 15.8 Å². The molecule has 2 amide bonds. The first kappa shape index (κ1) is 28.1. The van der Waals surface area contributed by atoms with E-state index in [0.717, 1.165) is 17.2 Å². The van der Waals surface area contributed by atoms with Crippen molar-refractivity contribution in [2.75, 3.05) is 5.32 Å². The summed E-state index contributed by atoms with van der Waals surface area (Å²) in [6, 6.07) is 14.2. The molecule has 210 valence electrons. The van der Waals surface area contributed by atoms with Gasteiger partial charge in [-0.1, -0.05) is 41.9 Å². The average Bonchev–Trinajstić information content (AvgIpc) is 3.55. The van der Waals surface area contributed by atoms with Crippen molar-refractivity contribution in [3.8, 4) is 16.9 Å². The number of rotatable bonds is 7. The topological polar surface area (TPSA) is 112 Å². The number of carbonyl (C=O) groups excluding carboxylic acids is 2. The number of thiophene rings is 1. The lowest BCUT2D eigenvalue weighted by Crippen LogP contribution is -2.18. The molecule has 0 saturated carbocycles. The molecule has 8 nitrogen and oxygen atoms in total. The van der Waals surface area contributed by atoms with Gasteiger partial charge >= 0.3 is 6.18 Å². The zero-order valence-corrected chi connectivity index (χ0v) is 23.1. The molecule has 0 aliphatic carbocycles. The molecular weight excluding hydrogens is 579 g/mol. The first-order valence-electron chi connectivity index (χ1n) is 12.1. The Hall–Kier alpha value is -4.42. The number of benzene rings is 2. The van der Waals surface area contributed by atoms with Crippen LogP contribution in [0.1, 0.15) is 37.0 Å². The Bertz CT molecular complexity index is 1780. The van der Waals surface area contributed by atoms with Crippen LogP contribution in [0, 0.1) is 13.8 Å². The predicted molar refractivity (Wildman–Crippen MR) is 150 cm³/mol. The molecule has 3 N–H and O–H groups in total. The molecule has 0 atom stereocenters. The molecule has 3 aromatic heterocycles. The van der Waals surface area contributed by atoms with Gasteiger partial charge in [-0.3, -0.25) is 9.59 Å². The van der Waals surface area contributed by atoms with Gasteiger partial charge in [0, 0.05) is 16.6 Å². The molecule has 0 aliphatic rings. The molecule has 13 heteroatoms. The minimum atomic E-state index is -4.74. The number of anilines is 1. The van der Waals surface area contributed by atoms with E-state index < -0.39 is 23.7 Å². The van der Waals surface area contributed by atoms with Crippen LogP contribution in [0.25, 0.3) is 21.3 Å². The first-order chi connectivity index (χ1) is 19.4. The number of hydrogen-bond donors (Lipinski definition) is 2. The highest BCUT2D eigenvalue weighted by Gasteiger charge is 2.35. The maximum absolute atomic E-state index is 13.7. The maximum atomic E-state index is 13.7. The molecule has 5 aromatic rings. The van der Waals surface area contributed by atoms with Gasteiger partial charge in [0.15, 0.2) is 12.4 Å². The zero-order valence-electron chi connectivity index (χ0n) is 21.5. The van der Waals surface area contributed by atoms with Gasteiger partial charge in [0.25, 0.3) is 11.8 Å². The fourth-order valence-electron chi connectivity index (χ4n) is 4.24. The third kappa shape index (κ3) is 5.74. The lowest BCUT2D eigenvalue weighted by Gasteiger charge is -2.12. The number of hydrogen-bond acceptors (Lipinski definition) is 6. The van der Waals surface area contributed by atoms with Gasteiger partial charge in [-0.25, -0.2) is 9.67 Å². The SMILES string of the molecule is Cc1cc(OCn2ccc(C(=O)Nc3c(C(N)=O)sc4nc(C(F)(F)F)cc(-c5ccccc5)c34)n2)cc(C)c1Cl. The number of ether oxygens (including phenoxy) is 1. The summed E-state index contributed by atoms with van der Waals surface area (Å²) in [5, 5.41) is 7.66. The third-order valence-electron chi connectivity index (χ3n) is 6.15. The highest BCUT2D eigenvalue weighted by molar-refractivity contribution is 7.21. The van der Waals surface area contributed by atoms with Crippen LogP contribution in [0.15, 0.2) is 60.8 Å². The summed E-state index contributed by atoms with van der Waals surface area (Å²) in [5.41, 5.74) is 6.63. The second-order valence-corrected chi connectivity index (χ2v) is 10.5. The van der Waals surface area contributed by atoms with Gasteiger partial charge in [-0.15, -0.1) is 11.3 Å². The lowest BCUT2D eigenvalue weighted by molar-refractivity contribution is -0.140. The normalized spacial score (nSPS) is 11.6. The molecule has 41 heavy (non-hydrogen) atoms. The number of aryl methyl sites for hydroxylation is 2. The second-order valence-electron chi connectivity index (χ2n) is 9.11. The van der Waals surface area contributed by atoms with Crippen LogP contribution in [0.3, 0.4) is 0 Å². The minimum absolute atomic E-state index is 0.00992. The Morgan fingerprint density at radius 3 is 2.41 bits per heavy atom. The number of amides is 2. The Kier molecular flexibility index (Phi) is 7.45. The van der Waals surface area contributed by atoms with Crippen LogP contribution in [-0.4, -0.2) is 26.6 Å². The van der Waals surface area contributed by atoms with E-state index in [1.54, 1.807) is 42.5 Å². The standard InChI is InChI=1S/C28H21ClF3N5O3S/c1-14-10-17(11-15(2)22(14)29)40-13-37-9-8-19(36-37)26(39)35-23-21-18(16-6-4-3-5-7-16)12-20(28(30,31)32)34-27(21)41-24(23)25(33)38/h3-12H,13H2,1-2H3,(H2,33,38)(H,35,39). The summed E-state index contributed by atoms with van der Waals surface area (Å²) >= 11 is 6.87. The van der Waals surface area contributed by atoms with E-state index in [0.29, 0.717) is 27.7 Å². The van der Waals surface area contributed by atoms with Gasteiger partial charge in [0.2, 0.25) is 0 Å². The van der Waals surface area contributed by atoms with Crippen LogP contribution in [0.2, 0.25) is 5.02 Å². The van der Waals surface area contributed by atoms with Crippen molar-refractivity contribution < 1.29 is 27.5 Å². The van der Waals surface area contributed by atoms with Gasteiger partial charge in [-0.05, 0) is 60.4 Å². The number of primary amides is 1. The Morgan fingerprint density at radius 2 is 1.78 bits per heavy atom. The molecule has 0 bridgehead atoms. The fraction of sp³-hybridized carbons (Fsp3) is 0.143. The highest BCUT2D eigenvalue weighted by Crippen LogP contribution is 2.43. The lowest BCUT2D eigenvalue weighted by atomic mass is 10.0. The summed E-state index contributed by atoms with van der Waals surface area (Å²) in [6.07, 6.45) is -3.21. The summed E-state index contributed by atoms with van der Waals surface area (Å²) in [6.45, 7) is 3.70. The molecule has 0 aliphatic heterocycles. The number of nitrogens with one attached hydrogen (secondary N) is 1. The smallest absolute Gasteiger partial charge is 0.433 e. The van der Waals surface area contributed by atoms with Gasteiger partial charge < -0.3 is 15.8 Å². The van der Waals surface area contributed by atoms with Crippen molar-refractivity contribution in [2.45, 2.75) is 26.8 Å².